The van der Waals surface area contributed by atoms with Gasteiger partial charge in [0.25, 0.3) is 5.91 Å². The lowest BCUT2D eigenvalue weighted by molar-refractivity contribution is -0.116. The predicted octanol–water partition coefficient (Wildman–Crippen LogP) is 3.04. The summed E-state index contributed by atoms with van der Waals surface area (Å²) in [5.74, 6) is 0.688. The minimum absolute atomic E-state index is 0.0402. The highest BCUT2D eigenvalue weighted by molar-refractivity contribution is 5.96. The first kappa shape index (κ1) is 20.9. The van der Waals surface area contributed by atoms with Gasteiger partial charge in [0, 0.05) is 37.4 Å². The smallest absolute Gasteiger partial charge is 0.253 e. The van der Waals surface area contributed by atoms with E-state index in [2.05, 4.69) is 24.2 Å². The topological polar surface area (TPSA) is 61.9 Å². The number of anilines is 1. The number of amides is 2. The second-order valence-electron chi connectivity index (χ2n) is 7.32. The SMILES string of the molecule is CCc1ccc(OCCC(=O)Nc2ccc(C(=O)N3CCN(C)CC3)cc2)cc1. The van der Waals surface area contributed by atoms with Crippen LogP contribution in [0.2, 0.25) is 0 Å². The van der Waals surface area contributed by atoms with Gasteiger partial charge in [0.05, 0.1) is 13.0 Å². The fourth-order valence-electron chi connectivity index (χ4n) is 3.19. The van der Waals surface area contributed by atoms with Crippen molar-refractivity contribution >= 4 is 17.5 Å². The highest BCUT2D eigenvalue weighted by Crippen LogP contribution is 2.15. The van der Waals surface area contributed by atoms with Gasteiger partial charge in [-0.25, -0.2) is 0 Å². The number of piperazine rings is 1. The Morgan fingerprint density at radius 3 is 2.24 bits per heavy atom. The molecule has 0 aromatic heterocycles. The summed E-state index contributed by atoms with van der Waals surface area (Å²) in [4.78, 5) is 28.8. The molecule has 0 bridgehead atoms. The maximum atomic E-state index is 12.6. The zero-order valence-corrected chi connectivity index (χ0v) is 17.2. The summed E-state index contributed by atoms with van der Waals surface area (Å²) in [5.41, 5.74) is 2.58. The predicted molar refractivity (Wildman–Crippen MR) is 114 cm³/mol. The summed E-state index contributed by atoms with van der Waals surface area (Å²) in [6.07, 6.45) is 1.25. The van der Waals surface area contributed by atoms with Crippen LogP contribution in [0.3, 0.4) is 0 Å². The number of aryl methyl sites for hydroxylation is 1. The van der Waals surface area contributed by atoms with E-state index < -0.39 is 0 Å². The third-order valence-electron chi connectivity index (χ3n) is 5.14. The van der Waals surface area contributed by atoms with Crippen molar-refractivity contribution in [1.82, 2.24) is 9.80 Å². The molecule has 2 amide bonds. The first-order chi connectivity index (χ1) is 14.0. The molecule has 0 saturated carbocycles. The van der Waals surface area contributed by atoms with Gasteiger partial charge >= 0.3 is 0 Å². The summed E-state index contributed by atoms with van der Waals surface area (Å²) in [6.45, 7) is 5.70. The van der Waals surface area contributed by atoms with Crippen molar-refractivity contribution in [2.24, 2.45) is 0 Å². The maximum Gasteiger partial charge on any atom is 0.253 e. The third kappa shape index (κ3) is 6.06. The van der Waals surface area contributed by atoms with Gasteiger partial charge in [0.1, 0.15) is 5.75 Å². The number of benzene rings is 2. The van der Waals surface area contributed by atoms with Crippen LogP contribution in [0.25, 0.3) is 0 Å². The van der Waals surface area contributed by atoms with Crippen molar-refractivity contribution in [3.63, 3.8) is 0 Å². The van der Waals surface area contributed by atoms with Crippen LogP contribution in [-0.2, 0) is 11.2 Å². The van der Waals surface area contributed by atoms with Gasteiger partial charge in [0.2, 0.25) is 5.91 Å². The van der Waals surface area contributed by atoms with Gasteiger partial charge in [0.15, 0.2) is 0 Å². The third-order valence-corrected chi connectivity index (χ3v) is 5.14. The van der Waals surface area contributed by atoms with E-state index in [0.717, 1.165) is 38.3 Å². The number of nitrogens with zero attached hydrogens (tertiary/aromatic N) is 2. The number of likely N-dealkylation sites (N-methyl/N-ethyl adjacent to an activating group) is 1. The molecule has 6 nitrogen and oxygen atoms in total. The molecule has 1 aliphatic heterocycles. The van der Waals surface area contributed by atoms with Crippen molar-refractivity contribution in [2.45, 2.75) is 19.8 Å². The van der Waals surface area contributed by atoms with Crippen LogP contribution < -0.4 is 10.1 Å². The Morgan fingerprint density at radius 2 is 1.62 bits per heavy atom. The average molecular weight is 396 g/mol. The van der Waals surface area contributed by atoms with Gasteiger partial charge in [-0.05, 0) is 55.4 Å². The molecule has 3 rings (SSSR count). The zero-order valence-electron chi connectivity index (χ0n) is 17.2. The highest BCUT2D eigenvalue weighted by atomic mass is 16.5. The molecule has 1 fully saturated rings. The van der Waals surface area contributed by atoms with E-state index in [1.165, 1.54) is 5.56 Å². The lowest BCUT2D eigenvalue weighted by atomic mass is 10.1. The van der Waals surface area contributed by atoms with Crippen molar-refractivity contribution in [2.75, 3.05) is 45.2 Å². The number of ether oxygens (including phenoxy) is 1. The lowest BCUT2D eigenvalue weighted by Crippen LogP contribution is -2.47. The van der Waals surface area contributed by atoms with Crippen molar-refractivity contribution in [1.29, 1.82) is 0 Å². The molecule has 1 N–H and O–H groups in total. The average Bonchev–Trinajstić information content (AvgIpc) is 2.75. The van der Waals surface area contributed by atoms with Gasteiger partial charge < -0.3 is 19.9 Å². The summed E-state index contributed by atoms with van der Waals surface area (Å²) in [7, 11) is 2.06. The van der Waals surface area contributed by atoms with E-state index in [0.29, 0.717) is 17.9 Å². The van der Waals surface area contributed by atoms with Crippen LogP contribution in [0.1, 0.15) is 29.3 Å². The molecule has 0 aliphatic carbocycles. The van der Waals surface area contributed by atoms with E-state index in [4.69, 9.17) is 4.74 Å². The molecule has 0 atom stereocenters. The first-order valence-electron chi connectivity index (χ1n) is 10.1. The standard InChI is InChI=1S/C23H29N3O3/c1-3-18-4-10-21(11-5-18)29-17-12-22(27)24-20-8-6-19(7-9-20)23(28)26-15-13-25(2)14-16-26/h4-11H,3,12-17H2,1-2H3,(H,24,27). The number of carbonyl (C=O) groups excluding carboxylic acids is 2. The lowest BCUT2D eigenvalue weighted by Gasteiger charge is -2.32. The zero-order chi connectivity index (χ0) is 20.6. The molecule has 0 spiro atoms. The monoisotopic (exact) mass is 395 g/mol. The molecule has 0 unspecified atom stereocenters. The summed E-state index contributed by atoms with van der Waals surface area (Å²) >= 11 is 0. The molecule has 29 heavy (non-hydrogen) atoms. The van der Waals surface area contributed by atoms with E-state index >= 15 is 0 Å². The Hall–Kier alpha value is -2.86. The molecule has 1 heterocycles. The number of hydrogen-bond donors (Lipinski definition) is 1. The van der Waals surface area contributed by atoms with Crippen LogP contribution in [0.15, 0.2) is 48.5 Å². The molecule has 2 aromatic rings. The van der Waals surface area contributed by atoms with E-state index in [9.17, 15) is 9.59 Å². The molecule has 154 valence electrons. The molecule has 2 aromatic carbocycles. The quantitative estimate of drug-likeness (QED) is 0.783. The number of hydrogen-bond acceptors (Lipinski definition) is 4. The first-order valence-corrected chi connectivity index (χ1v) is 10.1. The fourth-order valence-corrected chi connectivity index (χ4v) is 3.19. The van der Waals surface area contributed by atoms with Gasteiger partial charge in [-0.1, -0.05) is 19.1 Å². The largest absolute Gasteiger partial charge is 0.493 e. The second-order valence-corrected chi connectivity index (χ2v) is 7.32. The Morgan fingerprint density at radius 1 is 0.966 bits per heavy atom. The van der Waals surface area contributed by atoms with Gasteiger partial charge in [-0.3, -0.25) is 9.59 Å². The van der Waals surface area contributed by atoms with Crippen LogP contribution in [0.4, 0.5) is 5.69 Å². The highest BCUT2D eigenvalue weighted by Gasteiger charge is 2.20. The Kier molecular flexibility index (Phi) is 7.25. The Balaban J connectivity index is 1.43. The number of carbonyl (C=O) groups is 2. The molecular weight excluding hydrogens is 366 g/mol. The Labute approximate surface area is 172 Å². The van der Waals surface area contributed by atoms with Crippen LogP contribution in [-0.4, -0.2) is 61.4 Å². The van der Waals surface area contributed by atoms with Crippen LogP contribution >= 0.6 is 0 Å². The molecule has 6 heteroatoms. The van der Waals surface area contributed by atoms with Crippen LogP contribution in [0, 0.1) is 0 Å². The molecular formula is C23H29N3O3. The Bertz CT molecular complexity index is 810. The minimum Gasteiger partial charge on any atom is -0.493 e. The van der Waals surface area contributed by atoms with Gasteiger partial charge in [-0.15, -0.1) is 0 Å². The summed E-state index contributed by atoms with van der Waals surface area (Å²) in [5, 5.41) is 2.85. The summed E-state index contributed by atoms with van der Waals surface area (Å²) < 4.78 is 5.62. The normalized spacial score (nSPS) is 14.5. The summed E-state index contributed by atoms with van der Waals surface area (Å²) in [6, 6.07) is 15.0. The second kappa shape index (κ2) is 10.1. The minimum atomic E-state index is -0.117. The van der Waals surface area contributed by atoms with Crippen molar-refractivity contribution in [3.05, 3.63) is 59.7 Å². The maximum absolute atomic E-state index is 12.6. The fraction of sp³-hybridized carbons (Fsp3) is 0.391. The molecule has 1 aliphatic rings. The molecule has 0 radical (unpaired) electrons. The van der Waals surface area contributed by atoms with E-state index in [1.807, 2.05) is 29.2 Å². The van der Waals surface area contributed by atoms with E-state index in [-0.39, 0.29) is 18.2 Å². The van der Waals surface area contributed by atoms with Crippen molar-refractivity contribution < 1.29 is 14.3 Å². The number of rotatable bonds is 7. The van der Waals surface area contributed by atoms with Crippen LogP contribution in [0.5, 0.6) is 5.75 Å². The number of nitrogens with one attached hydrogen (secondary N) is 1. The molecule has 1 saturated heterocycles. The van der Waals surface area contributed by atoms with E-state index in [1.54, 1.807) is 24.3 Å². The van der Waals surface area contributed by atoms with Gasteiger partial charge in [-0.2, -0.15) is 0 Å². The van der Waals surface area contributed by atoms with Crippen molar-refractivity contribution in [3.8, 4) is 5.75 Å².